The van der Waals surface area contributed by atoms with E-state index in [1.54, 1.807) is 0 Å². The molecule has 0 aliphatic heterocycles. The van der Waals surface area contributed by atoms with Gasteiger partial charge in [0, 0.05) is 49.6 Å². The lowest BCUT2D eigenvalue weighted by molar-refractivity contribution is 1.18. The van der Waals surface area contributed by atoms with Crippen LogP contribution in [0.2, 0.25) is 0 Å². The smallest absolute Gasteiger partial charge is 0.160 e. The summed E-state index contributed by atoms with van der Waals surface area (Å²) in [7, 11) is 0. The van der Waals surface area contributed by atoms with Crippen molar-refractivity contribution in [3.05, 3.63) is 206 Å². The van der Waals surface area contributed by atoms with Gasteiger partial charge in [-0.3, -0.25) is 0 Å². The maximum absolute atomic E-state index is 5.18. The summed E-state index contributed by atoms with van der Waals surface area (Å²) in [6.45, 7) is 0. The molecule has 4 heteroatoms. The van der Waals surface area contributed by atoms with E-state index >= 15 is 0 Å². The first-order chi connectivity index (χ1) is 28.8. The van der Waals surface area contributed by atoms with Crippen LogP contribution in [0, 0.1) is 0 Å². The summed E-state index contributed by atoms with van der Waals surface area (Å²) in [6.07, 6.45) is 0. The molecular weight excluding hydrogens is 705 g/mol. The van der Waals surface area contributed by atoms with Crippen LogP contribution in [-0.4, -0.2) is 19.1 Å². The quantitative estimate of drug-likeness (QED) is 0.176. The van der Waals surface area contributed by atoms with Crippen molar-refractivity contribution in [3.63, 3.8) is 0 Å². The van der Waals surface area contributed by atoms with Crippen LogP contribution in [0.5, 0.6) is 0 Å². The van der Waals surface area contributed by atoms with E-state index in [0.717, 1.165) is 50.2 Å². The van der Waals surface area contributed by atoms with Crippen molar-refractivity contribution in [1.82, 2.24) is 19.1 Å². The number of benzene rings is 9. The Morgan fingerprint density at radius 1 is 0.310 bits per heavy atom. The molecule has 0 N–H and O–H groups in total. The van der Waals surface area contributed by atoms with Gasteiger partial charge in [-0.05, 0) is 76.1 Å². The number of hydrogen-bond donors (Lipinski definition) is 0. The molecule has 0 saturated carbocycles. The van der Waals surface area contributed by atoms with E-state index in [0.29, 0.717) is 5.82 Å². The van der Waals surface area contributed by atoms with Gasteiger partial charge in [-0.1, -0.05) is 152 Å². The second kappa shape index (κ2) is 12.9. The summed E-state index contributed by atoms with van der Waals surface area (Å²) in [6, 6.07) is 73.8. The third-order valence-electron chi connectivity index (χ3n) is 11.7. The van der Waals surface area contributed by atoms with Gasteiger partial charge in [-0.15, -0.1) is 0 Å². The van der Waals surface area contributed by atoms with Gasteiger partial charge in [0.1, 0.15) is 0 Å². The van der Waals surface area contributed by atoms with Crippen LogP contribution >= 0.6 is 0 Å². The Hall–Kier alpha value is -7.82. The van der Waals surface area contributed by atoms with Crippen molar-refractivity contribution in [2.45, 2.75) is 0 Å². The van der Waals surface area contributed by atoms with Crippen LogP contribution in [0.3, 0.4) is 0 Å². The van der Waals surface area contributed by atoms with E-state index in [4.69, 9.17) is 9.97 Å². The normalized spacial score (nSPS) is 11.8. The topological polar surface area (TPSA) is 35.6 Å². The molecule has 0 saturated heterocycles. The molecular formula is C54H34N4. The number of aromatic nitrogens is 4. The van der Waals surface area contributed by atoms with Crippen molar-refractivity contribution in [2.24, 2.45) is 0 Å². The minimum Gasteiger partial charge on any atom is -0.309 e. The Labute approximate surface area is 334 Å². The zero-order chi connectivity index (χ0) is 38.2. The predicted molar refractivity (Wildman–Crippen MR) is 242 cm³/mol. The molecule has 270 valence electrons. The molecule has 0 amide bonds. The fourth-order valence-corrected chi connectivity index (χ4v) is 9.08. The minimum atomic E-state index is 0.712. The Morgan fingerprint density at radius 3 is 1.53 bits per heavy atom. The van der Waals surface area contributed by atoms with E-state index < -0.39 is 0 Å². The maximum atomic E-state index is 5.18. The molecule has 3 aromatic heterocycles. The van der Waals surface area contributed by atoms with Crippen molar-refractivity contribution < 1.29 is 0 Å². The van der Waals surface area contributed by atoms with Gasteiger partial charge in [0.15, 0.2) is 5.82 Å². The molecule has 12 rings (SSSR count). The number of rotatable bonds is 5. The zero-order valence-electron chi connectivity index (χ0n) is 31.4. The third kappa shape index (κ3) is 5.02. The highest BCUT2D eigenvalue weighted by atomic mass is 15.0. The molecule has 0 spiro atoms. The minimum absolute atomic E-state index is 0.712. The Kier molecular flexibility index (Phi) is 7.20. The maximum Gasteiger partial charge on any atom is 0.160 e. The van der Waals surface area contributed by atoms with Gasteiger partial charge in [0.05, 0.1) is 33.5 Å². The van der Waals surface area contributed by atoms with Crippen molar-refractivity contribution in [1.29, 1.82) is 0 Å². The predicted octanol–water partition coefficient (Wildman–Crippen LogP) is 14.0. The van der Waals surface area contributed by atoms with Crippen LogP contribution in [0.25, 0.3) is 110 Å². The van der Waals surface area contributed by atoms with Crippen LogP contribution in [0.15, 0.2) is 206 Å². The van der Waals surface area contributed by atoms with Crippen LogP contribution in [0.1, 0.15) is 0 Å². The molecule has 0 aliphatic carbocycles. The molecule has 0 fully saturated rings. The highest BCUT2D eigenvalue weighted by Gasteiger charge is 2.21. The molecule has 0 bridgehead atoms. The van der Waals surface area contributed by atoms with Crippen LogP contribution in [-0.2, 0) is 0 Å². The Morgan fingerprint density at radius 2 is 0.845 bits per heavy atom. The van der Waals surface area contributed by atoms with E-state index in [2.05, 4.69) is 191 Å². The number of para-hydroxylation sites is 2. The van der Waals surface area contributed by atoms with E-state index in [9.17, 15) is 0 Å². The summed E-state index contributed by atoms with van der Waals surface area (Å²) < 4.78 is 4.86. The van der Waals surface area contributed by atoms with Crippen molar-refractivity contribution in [3.8, 4) is 45.3 Å². The van der Waals surface area contributed by atoms with Gasteiger partial charge in [0.25, 0.3) is 0 Å². The highest BCUT2D eigenvalue weighted by Crippen LogP contribution is 2.43. The van der Waals surface area contributed by atoms with Gasteiger partial charge in [-0.2, -0.15) is 0 Å². The molecule has 12 aromatic rings. The van der Waals surface area contributed by atoms with Crippen LogP contribution in [0.4, 0.5) is 0 Å². The van der Waals surface area contributed by atoms with Gasteiger partial charge >= 0.3 is 0 Å². The molecule has 0 atom stereocenters. The fraction of sp³-hybridized carbons (Fsp3) is 0. The summed E-state index contributed by atoms with van der Waals surface area (Å²) in [4.78, 5) is 10.2. The lowest BCUT2D eigenvalue weighted by Gasteiger charge is -2.13. The Bertz CT molecular complexity index is 3500. The summed E-state index contributed by atoms with van der Waals surface area (Å²) >= 11 is 0. The highest BCUT2D eigenvalue weighted by molar-refractivity contribution is 6.29. The lowest BCUT2D eigenvalue weighted by Crippen LogP contribution is -1.97. The summed E-state index contributed by atoms with van der Waals surface area (Å²) in [5.74, 6) is 0.712. The summed E-state index contributed by atoms with van der Waals surface area (Å²) in [5, 5.41) is 9.78. The first-order valence-electron chi connectivity index (χ1n) is 19.7. The first kappa shape index (κ1) is 32.4. The first-order valence-corrected chi connectivity index (χ1v) is 19.7. The van der Waals surface area contributed by atoms with E-state index in [-0.39, 0.29) is 0 Å². The van der Waals surface area contributed by atoms with E-state index in [1.807, 2.05) is 24.3 Å². The monoisotopic (exact) mass is 738 g/mol. The average Bonchev–Trinajstić information content (AvgIpc) is 3.82. The third-order valence-corrected chi connectivity index (χ3v) is 11.7. The molecule has 4 nitrogen and oxygen atoms in total. The van der Waals surface area contributed by atoms with E-state index in [1.165, 1.54) is 54.4 Å². The number of nitrogens with zero attached hydrogens (tertiary/aromatic N) is 4. The average molecular weight is 739 g/mol. The fourth-order valence-electron chi connectivity index (χ4n) is 9.08. The number of hydrogen-bond acceptors (Lipinski definition) is 2. The van der Waals surface area contributed by atoms with Crippen molar-refractivity contribution in [2.75, 3.05) is 0 Å². The second-order valence-electron chi connectivity index (χ2n) is 15.0. The molecule has 0 radical (unpaired) electrons. The van der Waals surface area contributed by atoms with Crippen molar-refractivity contribution >= 4 is 65.2 Å². The zero-order valence-corrected chi connectivity index (χ0v) is 31.4. The number of fused-ring (bicyclic) bond motifs is 9. The SMILES string of the molecule is c1ccc(-c2cc(-c3cccc4cc(-n5c6ccccc6c6c7c8ccccc8n(-c8ccc9ccccc9c8)c7ccc65)ccc34)nc(-c3ccccc3)n2)cc1. The molecule has 3 heterocycles. The Balaban J connectivity index is 1.06. The molecule has 0 aliphatic rings. The lowest BCUT2D eigenvalue weighted by atomic mass is 9.99. The molecule has 0 unspecified atom stereocenters. The van der Waals surface area contributed by atoms with Crippen LogP contribution < -0.4 is 0 Å². The molecule has 9 aromatic carbocycles. The summed E-state index contributed by atoms with van der Waals surface area (Å²) in [5.41, 5.74) is 12.0. The molecule has 58 heavy (non-hydrogen) atoms. The van der Waals surface area contributed by atoms with Gasteiger partial charge in [-0.25, -0.2) is 9.97 Å². The van der Waals surface area contributed by atoms with Gasteiger partial charge in [0.2, 0.25) is 0 Å². The van der Waals surface area contributed by atoms with Gasteiger partial charge < -0.3 is 9.13 Å². The second-order valence-corrected chi connectivity index (χ2v) is 15.0. The largest absolute Gasteiger partial charge is 0.309 e. The standard InChI is InChI=1S/C54H34N4/c1-3-15-36(16-4-1)46-34-47(56-54(55-46)37-17-5-2-6-18-37)43-23-13-20-39-33-41(28-29-42(39)43)58-49-25-12-10-22-45(49)53-51(58)31-30-50-52(53)44-21-9-11-24-48(44)57(50)40-27-26-35-14-7-8-19-38(35)32-40/h1-34H.